The highest BCUT2D eigenvalue weighted by atomic mass is 19.1. The second kappa shape index (κ2) is 5.86. The summed E-state index contributed by atoms with van der Waals surface area (Å²) >= 11 is 0. The number of hydrogen-bond donors (Lipinski definition) is 1. The van der Waals surface area contributed by atoms with Gasteiger partial charge in [-0.15, -0.1) is 0 Å². The molecule has 1 aliphatic heterocycles. The maximum atomic E-state index is 12.7. The Balaban J connectivity index is 2.02. The second-order valence-corrected chi connectivity index (χ2v) is 4.89. The standard InChI is InChI=1S/C15H16FNO3/c1-10-13(15(19)20)8-9-17(10)14(18)7-4-11-2-5-12(16)6-3-11/h2-7,10,13H,8-9H2,1H3,(H,19,20). The average Bonchev–Trinajstić information content (AvgIpc) is 2.80. The number of benzene rings is 1. The van der Waals surface area contributed by atoms with Crippen molar-refractivity contribution in [1.82, 2.24) is 4.90 Å². The van der Waals surface area contributed by atoms with Gasteiger partial charge in [0.1, 0.15) is 5.82 Å². The molecule has 2 rings (SSSR count). The van der Waals surface area contributed by atoms with Gasteiger partial charge in [0.15, 0.2) is 0 Å². The van der Waals surface area contributed by atoms with Crippen molar-refractivity contribution in [3.63, 3.8) is 0 Å². The normalized spacial score (nSPS) is 22.4. The fraction of sp³-hybridized carbons (Fsp3) is 0.333. The number of nitrogens with zero attached hydrogens (tertiary/aromatic N) is 1. The van der Waals surface area contributed by atoms with E-state index in [0.29, 0.717) is 13.0 Å². The van der Waals surface area contributed by atoms with Crippen molar-refractivity contribution in [2.75, 3.05) is 6.54 Å². The molecule has 0 spiro atoms. The lowest BCUT2D eigenvalue weighted by atomic mass is 10.0. The molecular weight excluding hydrogens is 261 g/mol. The van der Waals surface area contributed by atoms with Crippen LogP contribution in [0.15, 0.2) is 30.3 Å². The highest BCUT2D eigenvalue weighted by Gasteiger charge is 2.37. The summed E-state index contributed by atoms with van der Waals surface area (Å²) in [5.41, 5.74) is 0.724. The fourth-order valence-electron chi connectivity index (χ4n) is 2.42. The Labute approximate surface area is 116 Å². The third-order valence-corrected chi connectivity index (χ3v) is 3.64. The van der Waals surface area contributed by atoms with Crippen LogP contribution in [0.4, 0.5) is 4.39 Å². The first-order chi connectivity index (χ1) is 9.49. The first-order valence-electron chi connectivity index (χ1n) is 6.46. The predicted molar refractivity (Wildman–Crippen MR) is 72.4 cm³/mol. The Morgan fingerprint density at radius 2 is 2.00 bits per heavy atom. The zero-order chi connectivity index (χ0) is 14.7. The summed E-state index contributed by atoms with van der Waals surface area (Å²) in [4.78, 5) is 24.6. The minimum atomic E-state index is -0.865. The lowest BCUT2D eigenvalue weighted by molar-refractivity contribution is -0.142. The zero-order valence-corrected chi connectivity index (χ0v) is 11.1. The summed E-state index contributed by atoms with van der Waals surface area (Å²) in [6.07, 6.45) is 3.48. The molecule has 4 nitrogen and oxygen atoms in total. The molecule has 0 radical (unpaired) electrons. The number of amides is 1. The van der Waals surface area contributed by atoms with Crippen LogP contribution in [0.5, 0.6) is 0 Å². The van der Waals surface area contributed by atoms with E-state index in [1.165, 1.54) is 18.2 Å². The maximum Gasteiger partial charge on any atom is 0.308 e. The van der Waals surface area contributed by atoms with Crippen LogP contribution in [0, 0.1) is 11.7 Å². The minimum Gasteiger partial charge on any atom is -0.481 e. The number of carbonyl (C=O) groups is 2. The zero-order valence-electron chi connectivity index (χ0n) is 11.1. The van der Waals surface area contributed by atoms with E-state index in [0.717, 1.165) is 5.56 Å². The van der Waals surface area contributed by atoms with Gasteiger partial charge in [0.2, 0.25) is 5.91 Å². The van der Waals surface area contributed by atoms with E-state index in [-0.39, 0.29) is 17.8 Å². The molecule has 0 aliphatic carbocycles. The summed E-state index contributed by atoms with van der Waals surface area (Å²) in [6.45, 7) is 2.19. The number of hydrogen-bond acceptors (Lipinski definition) is 2. The molecule has 20 heavy (non-hydrogen) atoms. The number of carboxylic acid groups (broad SMARTS) is 1. The van der Waals surface area contributed by atoms with Crippen LogP contribution in [-0.4, -0.2) is 34.5 Å². The Morgan fingerprint density at radius 3 is 2.55 bits per heavy atom. The molecule has 5 heteroatoms. The molecule has 2 unspecified atom stereocenters. The van der Waals surface area contributed by atoms with Crippen LogP contribution in [0.2, 0.25) is 0 Å². The Bertz CT molecular complexity index is 539. The lowest BCUT2D eigenvalue weighted by Gasteiger charge is -2.21. The lowest BCUT2D eigenvalue weighted by Crippen LogP contribution is -2.36. The number of halogens is 1. The molecule has 1 N–H and O–H groups in total. The van der Waals surface area contributed by atoms with E-state index in [4.69, 9.17) is 5.11 Å². The molecule has 0 aromatic heterocycles. The van der Waals surface area contributed by atoms with Crippen LogP contribution in [0.25, 0.3) is 6.08 Å². The van der Waals surface area contributed by atoms with Gasteiger partial charge in [-0.25, -0.2) is 4.39 Å². The first kappa shape index (κ1) is 14.2. The summed E-state index contributed by atoms with van der Waals surface area (Å²) in [5.74, 6) is -1.91. The van der Waals surface area contributed by atoms with Crippen LogP contribution >= 0.6 is 0 Å². The molecule has 1 saturated heterocycles. The molecule has 1 fully saturated rings. The molecule has 0 saturated carbocycles. The van der Waals surface area contributed by atoms with Gasteiger partial charge in [0.25, 0.3) is 0 Å². The third kappa shape index (κ3) is 3.04. The van der Waals surface area contributed by atoms with Crippen molar-refractivity contribution < 1.29 is 19.1 Å². The Morgan fingerprint density at radius 1 is 1.35 bits per heavy atom. The second-order valence-electron chi connectivity index (χ2n) is 4.89. The van der Waals surface area contributed by atoms with Gasteiger partial charge in [-0.2, -0.15) is 0 Å². The molecule has 1 aliphatic rings. The van der Waals surface area contributed by atoms with Gasteiger partial charge in [-0.3, -0.25) is 9.59 Å². The van der Waals surface area contributed by atoms with Crippen molar-refractivity contribution >= 4 is 18.0 Å². The van der Waals surface area contributed by atoms with Crippen LogP contribution < -0.4 is 0 Å². The van der Waals surface area contributed by atoms with Gasteiger partial charge in [0, 0.05) is 18.7 Å². The highest BCUT2D eigenvalue weighted by Crippen LogP contribution is 2.24. The van der Waals surface area contributed by atoms with Gasteiger partial charge >= 0.3 is 5.97 Å². The highest BCUT2D eigenvalue weighted by molar-refractivity contribution is 5.92. The molecule has 0 bridgehead atoms. The third-order valence-electron chi connectivity index (χ3n) is 3.64. The van der Waals surface area contributed by atoms with Crippen molar-refractivity contribution in [3.05, 3.63) is 41.7 Å². The van der Waals surface area contributed by atoms with E-state index >= 15 is 0 Å². The maximum absolute atomic E-state index is 12.7. The van der Waals surface area contributed by atoms with Crippen LogP contribution in [-0.2, 0) is 9.59 Å². The summed E-state index contributed by atoms with van der Waals surface area (Å²) in [7, 11) is 0. The number of carboxylic acids is 1. The number of carbonyl (C=O) groups excluding carboxylic acids is 1. The van der Waals surface area contributed by atoms with E-state index in [1.807, 2.05) is 0 Å². The summed E-state index contributed by atoms with van der Waals surface area (Å²) < 4.78 is 12.7. The molecule has 2 atom stereocenters. The largest absolute Gasteiger partial charge is 0.481 e. The Hall–Kier alpha value is -2.17. The molecular formula is C15H16FNO3. The number of rotatable bonds is 3. The predicted octanol–water partition coefficient (Wildman–Crippen LogP) is 2.16. The molecule has 106 valence electrons. The van der Waals surface area contributed by atoms with Crippen LogP contribution in [0.3, 0.4) is 0 Å². The van der Waals surface area contributed by atoms with Crippen molar-refractivity contribution in [2.24, 2.45) is 5.92 Å². The molecule has 1 amide bonds. The van der Waals surface area contributed by atoms with E-state index in [2.05, 4.69) is 0 Å². The summed E-state index contributed by atoms with van der Waals surface area (Å²) in [6, 6.07) is 5.49. The molecule has 1 aromatic rings. The van der Waals surface area contributed by atoms with Crippen molar-refractivity contribution in [2.45, 2.75) is 19.4 Å². The SMILES string of the molecule is CC1C(C(=O)O)CCN1C(=O)C=Cc1ccc(F)cc1. The average molecular weight is 277 g/mol. The Kier molecular flexibility index (Phi) is 4.17. The smallest absolute Gasteiger partial charge is 0.308 e. The monoisotopic (exact) mass is 277 g/mol. The van der Waals surface area contributed by atoms with Gasteiger partial charge in [-0.1, -0.05) is 12.1 Å². The van der Waals surface area contributed by atoms with Gasteiger partial charge in [-0.05, 0) is 37.1 Å². The minimum absolute atomic E-state index is 0.217. The quantitative estimate of drug-likeness (QED) is 0.861. The topological polar surface area (TPSA) is 57.6 Å². The fourth-order valence-corrected chi connectivity index (χ4v) is 2.42. The van der Waals surface area contributed by atoms with E-state index in [9.17, 15) is 14.0 Å². The number of likely N-dealkylation sites (tertiary alicyclic amines) is 1. The first-order valence-corrected chi connectivity index (χ1v) is 6.46. The number of aliphatic carboxylic acids is 1. The van der Waals surface area contributed by atoms with Crippen molar-refractivity contribution in [3.8, 4) is 0 Å². The molecule has 1 aromatic carbocycles. The van der Waals surface area contributed by atoms with E-state index in [1.54, 1.807) is 30.0 Å². The van der Waals surface area contributed by atoms with E-state index < -0.39 is 11.9 Å². The van der Waals surface area contributed by atoms with Gasteiger partial charge < -0.3 is 10.0 Å². The van der Waals surface area contributed by atoms with Crippen LogP contribution in [0.1, 0.15) is 18.9 Å². The molecule has 1 heterocycles. The van der Waals surface area contributed by atoms with Crippen molar-refractivity contribution in [1.29, 1.82) is 0 Å². The van der Waals surface area contributed by atoms with Gasteiger partial charge in [0.05, 0.1) is 5.92 Å². The summed E-state index contributed by atoms with van der Waals surface area (Å²) in [5, 5.41) is 9.03.